The predicted octanol–water partition coefficient (Wildman–Crippen LogP) is 3.42. The monoisotopic (exact) mass is 334 g/mol. The maximum absolute atomic E-state index is 12.9. The molecule has 23 heavy (non-hydrogen) atoms. The van der Waals surface area contributed by atoms with Crippen LogP contribution in [0, 0.1) is 0 Å². The molecule has 126 valence electrons. The molecule has 1 aromatic rings. The third-order valence-electron chi connectivity index (χ3n) is 4.73. The Bertz CT molecular complexity index is 576. The van der Waals surface area contributed by atoms with Crippen molar-refractivity contribution < 1.29 is 9.59 Å². The van der Waals surface area contributed by atoms with E-state index in [-0.39, 0.29) is 11.8 Å². The molecule has 0 radical (unpaired) electrons. The predicted molar refractivity (Wildman–Crippen MR) is 97.2 cm³/mol. The lowest BCUT2D eigenvalue weighted by Gasteiger charge is -2.27. The van der Waals surface area contributed by atoms with Gasteiger partial charge in [0.25, 0.3) is 5.91 Å². The molecule has 1 fully saturated rings. The minimum atomic E-state index is 0.00288. The van der Waals surface area contributed by atoms with Crippen LogP contribution < -0.4 is 4.90 Å². The molecule has 0 aromatic heterocycles. The average Bonchev–Trinajstić information content (AvgIpc) is 3.08. The van der Waals surface area contributed by atoms with Crippen molar-refractivity contribution in [3.63, 3.8) is 0 Å². The summed E-state index contributed by atoms with van der Waals surface area (Å²) in [5.74, 6) is 0.0133. The van der Waals surface area contributed by atoms with E-state index in [1.54, 1.807) is 11.9 Å². The van der Waals surface area contributed by atoms with Gasteiger partial charge in [-0.15, -0.1) is 0 Å². The number of amides is 2. The van der Waals surface area contributed by atoms with E-state index in [9.17, 15) is 9.59 Å². The number of para-hydroxylation sites is 1. The van der Waals surface area contributed by atoms with Gasteiger partial charge in [0.1, 0.15) is 0 Å². The van der Waals surface area contributed by atoms with Crippen molar-refractivity contribution >= 4 is 29.3 Å². The largest absolute Gasteiger partial charge is 0.339 e. The zero-order chi connectivity index (χ0) is 17.0. The second-order valence-electron chi connectivity index (χ2n) is 6.06. The topological polar surface area (TPSA) is 40.6 Å². The molecule has 0 unspecified atom stereocenters. The van der Waals surface area contributed by atoms with Gasteiger partial charge in [-0.3, -0.25) is 9.59 Å². The van der Waals surface area contributed by atoms with Gasteiger partial charge in [-0.2, -0.15) is 11.8 Å². The molecule has 1 aliphatic carbocycles. The van der Waals surface area contributed by atoms with Crippen molar-refractivity contribution in [2.45, 2.75) is 43.9 Å². The van der Waals surface area contributed by atoms with Gasteiger partial charge >= 0.3 is 0 Å². The Kier molecular flexibility index (Phi) is 6.10. The van der Waals surface area contributed by atoms with Crippen molar-refractivity contribution in [3.05, 3.63) is 29.8 Å². The maximum Gasteiger partial charge on any atom is 0.255 e. The molecule has 0 bridgehead atoms. The molecule has 1 aliphatic rings. The van der Waals surface area contributed by atoms with E-state index in [0.717, 1.165) is 12.8 Å². The zero-order valence-electron chi connectivity index (χ0n) is 14.4. The Labute approximate surface area is 143 Å². The van der Waals surface area contributed by atoms with Crippen LogP contribution >= 0.6 is 11.8 Å². The van der Waals surface area contributed by atoms with Crippen LogP contribution in [0.25, 0.3) is 0 Å². The Morgan fingerprint density at radius 1 is 1.22 bits per heavy atom. The maximum atomic E-state index is 12.9. The van der Waals surface area contributed by atoms with Gasteiger partial charge in [0.05, 0.1) is 11.3 Å². The summed E-state index contributed by atoms with van der Waals surface area (Å²) in [6, 6.07) is 7.67. The number of hydrogen-bond donors (Lipinski definition) is 0. The van der Waals surface area contributed by atoms with Crippen LogP contribution in [0.5, 0.6) is 0 Å². The van der Waals surface area contributed by atoms with Gasteiger partial charge in [-0.05, 0) is 37.7 Å². The molecule has 2 amide bonds. The van der Waals surface area contributed by atoms with E-state index in [1.807, 2.05) is 54.9 Å². The average molecular weight is 334 g/mol. The number of benzene rings is 1. The van der Waals surface area contributed by atoms with Crippen LogP contribution in [-0.2, 0) is 4.79 Å². The number of hydrogen-bond acceptors (Lipinski definition) is 3. The number of nitrogens with zero attached hydrogens (tertiary/aromatic N) is 2. The van der Waals surface area contributed by atoms with Crippen molar-refractivity contribution in [1.82, 2.24) is 4.90 Å². The quantitative estimate of drug-likeness (QED) is 0.828. The second kappa shape index (κ2) is 7.86. The van der Waals surface area contributed by atoms with Gasteiger partial charge < -0.3 is 9.80 Å². The van der Waals surface area contributed by atoms with Crippen molar-refractivity contribution in [3.8, 4) is 0 Å². The molecule has 4 nitrogen and oxygen atoms in total. The number of carbonyl (C=O) groups excluding carboxylic acids is 2. The summed E-state index contributed by atoms with van der Waals surface area (Å²) in [6.45, 7) is 1.83. The minimum Gasteiger partial charge on any atom is -0.339 e. The molecule has 0 N–H and O–H groups in total. The van der Waals surface area contributed by atoms with Crippen LogP contribution in [0.4, 0.5) is 5.69 Å². The van der Waals surface area contributed by atoms with Gasteiger partial charge in [0.2, 0.25) is 5.91 Å². The fraction of sp³-hybridized carbons (Fsp3) is 0.556. The summed E-state index contributed by atoms with van der Waals surface area (Å²) in [6.07, 6.45) is 5.83. The van der Waals surface area contributed by atoms with E-state index in [4.69, 9.17) is 0 Å². The molecule has 2 atom stereocenters. The third-order valence-corrected chi connectivity index (χ3v) is 5.83. The first-order valence-electron chi connectivity index (χ1n) is 8.15. The van der Waals surface area contributed by atoms with E-state index in [1.165, 1.54) is 6.42 Å². The van der Waals surface area contributed by atoms with E-state index < -0.39 is 0 Å². The first-order valence-corrected chi connectivity index (χ1v) is 9.43. The summed E-state index contributed by atoms with van der Waals surface area (Å²) in [5, 5.41) is 0.648. The number of thioether (sulfide) groups is 1. The van der Waals surface area contributed by atoms with E-state index in [2.05, 4.69) is 6.26 Å². The van der Waals surface area contributed by atoms with Crippen LogP contribution in [0.2, 0.25) is 0 Å². The molecule has 2 rings (SSSR count). The fourth-order valence-corrected chi connectivity index (χ4v) is 3.94. The van der Waals surface area contributed by atoms with Crippen molar-refractivity contribution in [2.75, 3.05) is 25.3 Å². The van der Waals surface area contributed by atoms with E-state index in [0.29, 0.717) is 29.0 Å². The highest BCUT2D eigenvalue weighted by Crippen LogP contribution is 2.32. The van der Waals surface area contributed by atoms with E-state index >= 15 is 0 Å². The molecule has 5 heteroatoms. The Hall–Kier alpha value is -1.49. The summed E-state index contributed by atoms with van der Waals surface area (Å²) in [5.41, 5.74) is 1.29. The molecular weight excluding hydrogens is 308 g/mol. The van der Waals surface area contributed by atoms with Gasteiger partial charge in [0.15, 0.2) is 0 Å². The van der Waals surface area contributed by atoms with Crippen molar-refractivity contribution in [1.29, 1.82) is 0 Å². The normalized spacial score (nSPS) is 20.3. The molecule has 0 aliphatic heterocycles. The fourth-order valence-electron chi connectivity index (χ4n) is 3.16. The highest BCUT2D eigenvalue weighted by molar-refractivity contribution is 7.99. The molecule has 1 saturated carbocycles. The highest BCUT2D eigenvalue weighted by Gasteiger charge is 2.31. The lowest BCUT2D eigenvalue weighted by atomic mass is 10.1. The Balaban J connectivity index is 2.21. The molecular formula is C18H26N2O2S. The number of rotatable bonds is 5. The Morgan fingerprint density at radius 2 is 1.91 bits per heavy atom. The molecule has 0 heterocycles. The number of carbonyl (C=O) groups is 2. The van der Waals surface area contributed by atoms with Crippen LogP contribution in [0.3, 0.4) is 0 Å². The van der Waals surface area contributed by atoms with Crippen molar-refractivity contribution in [2.24, 2.45) is 0 Å². The smallest absolute Gasteiger partial charge is 0.255 e. The van der Waals surface area contributed by atoms with Gasteiger partial charge in [-0.25, -0.2) is 0 Å². The SMILES string of the molecule is CCC(=O)N(C)c1ccccc1C(=O)N(C)[C@H]1CC[C@H](SC)C1. The molecule has 1 aromatic carbocycles. The molecule has 0 spiro atoms. The number of anilines is 1. The lowest BCUT2D eigenvalue weighted by molar-refractivity contribution is -0.118. The third kappa shape index (κ3) is 3.89. The Morgan fingerprint density at radius 3 is 2.52 bits per heavy atom. The first kappa shape index (κ1) is 17.9. The second-order valence-corrected chi connectivity index (χ2v) is 7.20. The van der Waals surface area contributed by atoms with Gasteiger partial charge in [0, 0.05) is 31.8 Å². The van der Waals surface area contributed by atoms with Gasteiger partial charge in [-0.1, -0.05) is 19.1 Å². The van der Waals surface area contributed by atoms with Crippen LogP contribution in [0.1, 0.15) is 43.0 Å². The first-order chi connectivity index (χ1) is 11.0. The minimum absolute atomic E-state index is 0.00288. The van der Waals surface area contributed by atoms with Crippen LogP contribution in [0.15, 0.2) is 24.3 Å². The molecule has 0 saturated heterocycles. The zero-order valence-corrected chi connectivity index (χ0v) is 15.2. The highest BCUT2D eigenvalue weighted by atomic mass is 32.2. The lowest BCUT2D eigenvalue weighted by Crippen LogP contribution is -2.37. The summed E-state index contributed by atoms with van der Waals surface area (Å²) >= 11 is 1.89. The standard InChI is InChI=1S/C18H26N2O2S/c1-5-17(21)20(3)16-9-7-6-8-15(16)18(22)19(2)13-10-11-14(12-13)23-4/h6-9,13-14H,5,10-12H2,1-4H3/t13-,14-/m0/s1. The summed E-state index contributed by atoms with van der Waals surface area (Å²) in [4.78, 5) is 28.4. The summed E-state index contributed by atoms with van der Waals surface area (Å²) in [7, 11) is 3.62. The summed E-state index contributed by atoms with van der Waals surface area (Å²) < 4.78 is 0. The van der Waals surface area contributed by atoms with Crippen LogP contribution in [-0.4, -0.2) is 48.4 Å².